The number of aryl methyl sites for hydroxylation is 2. The van der Waals surface area contributed by atoms with Gasteiger partial charge in [0.05, 0.1) is 11.3 Å². The third-order valence-corrected chi connectivity index (χ3v) is 5.53. The summed E-state index contributed by atoms with van der Waals surface area (Å²) in [6.45, 7) is 5.34. The van der Waals surface area contributed by atoms with Crippen LogP contribution in [0.25, 0.3) is 0 Å². The van der Waals surface area contributed by atoms with Crippen molar-refractivity contribution in [2.75, 3.05) is 16.4 Å². The highest BCUT2D eigenvalue weighted by Gasteiger charge is 2.22. The molecule has 0 saturated heterocycles. The van der Waals surface area contributed by atoms with Crippen molar-refractivity contribution in [3.05, 3.63) is 53.1 Å². The number of hydrogen-bond donors (Lipinski definition) is 2. The molecule has 1 atom stereocenters. The molecule has 3 rings (SSSR count). The molecule has 0 aromatic heterocycles. The summed E-state index contributed by atoms with van der Waals surface area (Å²) in [5, 5.41) is 5.61. The van der Waals surface area contributed by atoms with Gasteiger partial charge < -0.3 is 15.4 Å². The Morgan fingerprint density at radius 1 is 1.18 bits per heavy atom. The summed E-state index contributed by atoms with van der Waals surface area (Å²) in [6, 6.07) is 10.7. The second-order valence-electron chi connectivity index (χ2n) is 6.66. The van der Waals surface area contributed by atoms with E-state index in [1.165, 1.54) is 6.92 Å². The number of fused-ring (bicyclic) bond motifs is 1. The molecule has 28 heavy (non-hydrogen) atoms. The summed E-state index contributed by atoms with van der Waals surface area (Å²) in [5.74, 6) is -0.407. The lowest BCUT2D eigenvalue weighted by molar-refractivity contribution is -0.123. The first-order valence-electron chi connectivity index (χ1n) is 9.00. The Morgan fingerprint density at radius 3 is 2.61 bits per heavy atom. The van der Waals surface area contributed by atoms with E-state index in [0.29, 0.717) is 17.9 Å². The van der Waals surface area contributed by atoms with E-state index in [0.717, 1.165) is 21.7 Å². The second-order valence-corrected chi connectivity index (χ2v) is 7.80. The van der Waals surface area contributed by atoms with Crippen molar-refractivity contribution in [1.29, 1.82) is 0 Å². The molecule has 0 aliphatic carbocycles. The third-order valence-electron chi connectivity index (χ3n) is 4.46. The molecule has 2 N–H and O–H groups in total. The van der Waals surface area contributed by atoms with Crippen molar-refractivity contribution in [1.82, 2.24) is 0 Å². The standard InChI is InChI=1S/C21H22N2O4S/c1-12-5-4-6-13(2)19(12)23-20(25)14(3)27-21(26)15-7-8-17-16(11-15)22-18(24)9-10-28-17/h4-8,11,14H,9-10H2,1-3H3,(H,22,24)(H,23,25)/t14-/m0/s1. The van der Waals surface area contributed by atoms with E-state index in [4.69, 9.17) is 4.74 Å². The van der Waals surface area contributed by atoms with Crippen LogP contribution in [0.2, 0.25) is 0 Å². The highest BCUT2D eigenvalue weighted by molar-refractivity contribution is 7.99. The summed E-state index contributed by atoms with van der Waals surface area (Å²) < 4.78 is 5.33. The third kappa shape index (κ3) is 4.54. The first kappa shape index (κ1) is 19.9. The van der Waals surface area contributed by atoms with Crippen LogP contribution in [0.1, 0.15) is 34.8 Å². The molecule has 0 bridgehead atoms. The first-order chi connectivity index (χ1) is 13.3. The SMILES string of the molecule is Cc1cccc(C)c1NC(=O)[C@H](C)OC(=O)c1ccc2c(c1)NC(=O)CCS2. The minimum atomic E-state index is -0.964. The zero-order valence-corrected chi connectivity index (χ0v) is 16.8. The number of nitrogens with one attached hydrogen (secondary N) is 2. The predicted octanol–water partition coefficient (Wildman–Crippen LogP) is 3.92. The first-order valence-corrected chi connectivity index (χ1v) is 9.98. The minimum Gasteiger partial charge on any atom is -0.449 e. The van der Waals surface area contributed by atoms with Crippen LogP contribution in [0.3, 0.4) is 0 Å². The van der Waals surface area contributed by atoms with Gasteiger partial charge in [0.1, 0.15) is 0 Å². The van der Waals surface area contributed by atoms with Gasteiger partial charge in [0.25, 0.3) is 5.91 Å². The number of carbonyl (C=O) groups is 3. The van der Waals surface area contributed by atoms with Gasteiger partial charge in [0, 0.05) is 22.8 Å². The molecule has 6 nitrogen and oxygen atoms in total. The fourth-order valence-electron chi connectivity index (χ4n) is 2.87. The number of carbonyl (C=O) groups excluding carboxylic acids is 3. The summed E-state index contributed by atoms with van der Waals surface area (Å²) >= 11 is 1.56. The number of rotatable bonds is 4. The van der Waals surface area contributed by atoms with Gasteiger partial charge in [-0.05, 0) is 50.1 Å². The largest absolute Gasteiger partial charge is 0.449 e. The van der Waals surface area contributed by atoms with Crippen molar-refractivity contribution in [2.24, 2.45) is 0 Å². The molecular weight excluding hydrogens is 376 g/mol. The lowest BCUT2D eigenvalue weighted by Crippen LogP contribution is -2.30. The fourth-order valence-corrected chi connectivity index (χ4v) is 3.80. The van der Waals surface area contributed by atoms with E-state index >= 15 is 0 Å². The van der Waals surface area contributed by atoms with Crippen molar-refractivity contribution in [2.45, 2.75) is 38.2 Å². The molecular formula is C21H22N2O4S. The van der Waals surface area contributed by atoms with E-state index in [-0.39, 0.29) is 11.5 Å². The summed E-state index contributed by atoms with van der Waals surface area (Å²) in [5.41, 5.74) is 3.47. The van der Waals surface area contributed by atoms with Crippen molar-refractivity contribution < 1.29 is 19.1 Å². The topological polar surface area (TPSA) is 84.5 Å². The van der Waals surface area contributed by atoms with Gasteiger partial charge in [-0.2, -0.15) is 0 Å². The number of para-hydroxylation sites is 1. The Labute approximate surface area is 168 Å². The number of esters is 1. The van der Waals surface area contributed by atoms with E-state index in [1.54, 1.807) is 30.0 Å². The molecule has 1 aliphatic heterocycles. The molecule has 0 saturated carbocycles. The Morgan fingerprint density at radius 2 is 1.89 bits per heavy atom. The van der Waals surface area contributed by atoms with Crippen molar-refractivity contribution in [3.63, 3.8) is 0 Å². The smallest absolute Gasteiger partial charge is 0.338 e. The van der Waals surface area contributed by atoms with Gasteiger partial charge in [-0.25, -0.2) is 4.79 Å². The average molecular weight is 398 g/mol. The molecule has 1 aliphatic rings. The molecule has 2 aromatic rings. The Hall–Kier alpha value is -2.80. The normalized spacial score (nSPS) is 14.3. The van der Waals surface area contributed by atoms with Gasteiger partial charge >= 0.3 is 5.97 Å². The van der Waals surface area contributed by atoms with Crippen molar-refractivity contribution >= 4 is 40.9 Å². The van der Waals surface area contributed by atoms with Crippen LogP contribution in [-0.4, -0.2) is 29.6 Å². The van der Waals surface area contributed by atoms with Gasteiger partial charge in [0.15, 0.2) is 6.10 Å². The zero-order chi connectivity index (χ0) is 20.3. The molecule has 0 radical (unpaired) electrons. The fraction of sp³-hybridized carbons (Fsp3) is 0.286. The number of ether oxygens (including phenoxy) is 1. The monoisotopic (exact) mass is 398 g/mol. The van der Waals surface area contributed by atoms with Crippen LogP contribution in [0.5, 0.6) is 0 Å². The van der Waals surface area contributed by atoms with E-state index in [1.807, 2.05) is 32.0 Å². The summed E-state index contributed by atoms with van der Waals surface area (Å²) in [4.78, 5) is 37.6. The van der Waals surface area contributed by atoms with Crippen molar-refractivity contribution in [3.8, 4) is 0 Å². The molecule has 0 spiro atoms. The lowest BCUT2D eigenvalue weighted by Gasteiger charge is -2.16. The maximum Gasteiger partial charge on any atom is 0.338 e. The summed E-state index contributed by atoms with van der Waals surface area (Å²) in [7, 11) is 0. The molecule has 1 heterocycles. The quantitative estimate of drug-likeness (QED) is 0.763. The van der Waals surface area contributed by atoms with Gasteiger partial charge in [-0.15, -0.1) is 11.8 Å². The van der Waals surface area contributed by atoms with E-state index in [2.05, 4.69) is 10.6 Å². The Balaban J connectivity index is 1.69. The summed E-state index contributed by atoms with van der Waals surface area (Å²) in [6.07, 6.45) is -0.538. The number of thioether (sulfide) groups is 1. The highest BCUT2D eigenvalue weighted by atomic mass is 32.2. The zero-order valence-electron chi connectivity index (χ0n) is 16.0. The van der Waals surface area contributed by atoms with Gasteiger partial charge in [-0.3, -0.25) is 9.59 Å². The minimum absolute atomic E-state index is 0.0851. The van der Waals surface area contributed by atoms with E-state index < -0.39 is 18.0 Å². The maximum atomic E-state index is 12.5. The maximum absolute atomic E-state index is 12.5. The van der Waals surface area contributed by atoms with Crippen LogP contribution >= 0.6 is 11.8 Å². The highest BCUT2D eigenvalue weighted by Crippen LogP contribution is 2.31. The number of amides is 2. The number of anilines is 2. The Bertz CT molecular complexity index is 922. The lowest BCUT2D eigenvalue weighted by atomic mass is 10.1. The van der Waals surface area contributed by atoms with E-state index in [9.17, 15) is 14.4 Å². The molecule has 2 aromatic carbocycles. The average Bonchev–Trinajstić information content (AvgIpc) is 2.84. The van der Waals surface area contributed by atoms with Crippen LogP contribution in [-0.2, 0) is 14.3 Å². The molecule has 2 amide bonds. The van der Waals surface area contributed by atoms with Crippen LogP contribution in [0.4, 0.5) is 11.4 Å². The van der Waals surface area contributed by atoms with Crippen LogP contribution < -0.4 is 10.6 Å². The second kappa shape index (κ2) is 8.48. The molecule has 146 valence electrons. The van der Waals surface area contributed by atoms with Gasteiger partial charge in [0.2, 0.25) is 5.91 Å². The molecule has 0 unspecified atom stereocenters. The molecule has 7 heteroatoms. The number of benzene rings is 2. The van der Waals surface area contributed by atoms with Crippen LogP contribution in [0, 0.1) is 13.8 Å². The van der Waals surface area contributed by atoms with Gasteiger partial charge in [-0.1, -0.05) is 18.2 Å². The van der Waals surface area contributed by atoms with Crippen LogP contribution in [0.15, 0.2) is 41.3 Å². The Kier molecular flexibility index (Phi) is 6.04. The number of hydrogen-bond acceptors (Lipinski definition) is 5. The molecule has 0 fully saturated rings. The predicted molar refractivity (Wildman–Crippen MR) is 110 cm³/mol.